The van der Waals surface area contributed by atoms with Crippen LogP contribution < -0.4 is 5.73 Å². The van der Waals surface area contributed by atoms with Crippen molar-refractivity contribution in [2.45, 2.75) is 13.5 Å². The van der Waals surface area contributed by atoms with Gasteiger partial charge in [-0.05, 0) is 23.3 Å². The highest BCUT2D eigenvalue weighted by molar-refractivity contribution is 5.86. The molecule has 0 atom stereocenters. The Labute approximate surface area is 78.2 Å². The second-order valence-electron chi connectivity index (χ2n) is 3.32. The molecule has 0 fully saturated rings. The van der Waals surface area contributed by atoms with Crippen LogP contribution in [0.15, 0.2) is 36.4 Å². The maximum absolute atomic E-state index is 3.92. The molecule has 66 valence electrons. The number of hydrogen-bond donors (Lipinski definition) is 1. The standard InChI is InChI=1S/C12H13N/c1-9-11(8-13)7-6-10-4-2-3-5-12(9)10/h2-7H,8,13H2,1H3/p+1. The van der Waals surface area contributed by atoms with Crippen molar-refractivity contribution >= 4 is 10.8 Å². The minimum absolute atomic E-state index is 0.872. The first-order valence-electron chi connectivity index (χ1n) is 4.59. The fourth-order valence-electron chi connectivity index (χ4n) is 1.74. The predicted octanol–water partition coefficient (Wildman–Crippen LogP) is 1.89. The van der Waals surface area contributed by atoms with Gasteiger partial charge in [-0.1, -0.05) is 36.4 Å². The number of hydrogen-bond acceptors (Lipinski definition) is 0. The summed E-state index contributed by atoms with van der Waals surface area (Å²) in [7, 11) is 0. The molecule has 0 aliphatic rings. The van der Waals surface area contributed by atoms with Crippen molar-refractivity contribution in [1.82, 2.24) is 0 Å². The van der Waals surface area contributed by atoms with Crippen molar-refractivity contribution < 1.29 is 5.73 Å². The molecule has 0 unspecified atom stereocenters. The molecule has 2 rings (SSSR count). The highest BCUT2D eigenvalue weighted by Crippen LogP contribution is 2.20. The molecule has 1 heteroatoms. The summed E-state index contributed by atoms with van der Waals surface area (Å²) in [6.45, 7) is 3.04. The molecule has 0 saturated heterocycles. The van der Waals surface area contributed by atoms with Crippen LogP contribution in [-0.2, 0) is 6.54 Å². The van der Waals surface area contributed by atoms with E-state index in [1.54, 1.807) is 0 Å². The van der Waals surface area contributed by atoms with Gasteiger partial charge in [-0.2, -0.15) is 0 Å². The molecule has 2 aromatic carbocycles. The summed E-state index contributed by atoms with van der Waals surface area (Å²) in [5, 5.41) is 2.67. The molecule has 0 saturated carbocycles. The van der Waals surface area contributed by atoms with Gasteiger partial charge in [0.05, 0.1) is 6.54 Å². The first-order valence-corrected chi connectivity index (χ1v) is 4.59. The zero-order chi connectivity index (χ0) is 9.26. The molecule has 3 N–H and O–H groups in total. The van der Waals surface area contributed by atoms with Crippen LogP contribution in [0.5, 0.6) is 0 Å². The number of quaternary nitrogens is 1. The molecule has 0 aromatic heterocycles. The third kappa shape index (κ3) is 1.31. The summed E-state index contributed by atoms with van der Waals surface area (Å²) in [6, 6.07) is 12.8. The van der Waals surface area contributed by atoms with Crippen LogP contribution in [-0.4, -0.2) is 0 Å². The molecule has 13 heavy (non-hydrogen) atoms. The first kappa shape index (κ1) is 8.27. The maximum atomic E-state index is 3.92. The first-order chi connectivity index (χ1) is 6.33. The highest BCUT2D eigenvalue weighted by Gasteiger charge is 2.01. The second-order valence-corrected chi connectivity index (χ2v) is 3.32. The average Bonchev–Trinajstić information content (AvgIpc) is 2.19. The number of fused-ring (bicyclic) bond motifs is 1. The summed E-state index contributed by atoms with van der Waals surface area (Å²) >= 11 is 0. The second kappa shape index (κ2) is 3.19. The van der Waals surface area contributed by atoms with Gasteiger partial charge in [0.1, 0.15) is 0 Å². The van der Waals surface area contributed by atoms with Gasteiger partial charge >= 0.3 is 0 Å². The third-order valence-corrected chi connectivity index (χ3v) is 2.58. The largest absolute Gasteiger partial charge is 0.354 e. The van der Waals surface area contributed by atoms with Gasteiger partial charge in [-0.3, -0.25) is 0 Å². The SMILES string of the molecule is Cc1c(C[NH3+])ccc2ccccc12. The predicted molar refractivity (Wildman–Crippen MR) is 55.3 cm³/mol. The fraction of sp³-hybridized carbons (Fsp3) is 0.167. The van der Waals surface area contributed by atoms with Gasteiger partial charge in [0.15, 0.2) is 0 Å². The summed E-state index contributed by atoms with van der Waals surface area (Å²) < 4.78 is 0. The molecule has 0 spiro atoms. The number of aryl methyl sites for hydroxylation is 1. The summed E-state index contributed by atoms with van der Waals surface area (Å²) in [4.78, 5) is 0. The van der Waals surface area contributed by atoms with E-state index in [0.29, 0.717) is 0 Å². The zero-order valence-electron chi connectivity index (χ0n) is 7.88. The molecule has 0 aliphatic heterocycles. The van der Waals surface area contributed by atoms with Crippen molar-refractivity contribution in [2.75, 3.05) is 0 Å². The lowest BCUT2D eigenvalue weighted by Crippen LogP contribution is -2.47. The van der Waals surface area contributed by atoms with Gasteiger partial charge in [-0.25, -0.2) is 0 Å². The molecule has 0 aliphatic carbocycles. The molecule has 0 heterocycles. The van der Waals surface area contributed by atoms with Crippen molar-refractivity contribution in [3.63, 3.8) is 0 Å². The molecular formula is C12H14N+. The third-order valence-electron chi connectivity index (χ3n) is 2.58. The molecule has 0 amide bonds. The minimum Gasteiger partial charge on any atom is -0.354 e. The van der Waals surface area contributed by atoms with Crippen LogP contribution in [0.3, 0.4) is 0 Å². The van der Waals surface area contributed by atoms with Crippen molar-refractivity contribution in [3.8, 4) is 0 Å². The van der Waals surface area contributed by atoms with E-state index in [1.165, 1.54) is 21.9 Å². The highest BCUT2D eigenvalue weighted by atomic mass is 14.5. The Morgan fingerprint density at radius 2 is 1.85 bits per heavy atom. The quantitative estimate of drug-likeness (QED) is 0.680. The van der Waals surface area contributed by atoms with Crippen LogP contribution in [0.25, 0.3) is 10.8 Å². The Bertz CT molecular complexity index is 432. The van der Waals surface area contributed by atoms with E-state index in [0.717, 1.165) is 6.54 Å². The minimum atomic E-state index is 0.872. The lowest BCUT2D eigenvalue weighted by molar-refractivity contribution is -0.386. The Morgan fingerprint density at radius 1 is 1.08 bits per heavy atom. The molecule has 1 nitrogen and oxygen atoms in total. The molecular weight excluding hydrogens is 158 g/mol. The fourth-order valence-corrected chi connectivity index (χ4v) is 1.74. The maximum Gasteiger partial charge on any atom is 0.1000 e. The van der Waals surface area contributed by atoms with Gasteiger partial charge in [0.25, 0.3) is 0 Å². The monoisotopic (exact) mass is 172 g/mol. The van der Waals surface area contributed by atoms with E-state index >= 15 is 0 Å². The lowest BCUT2D eigenvalue weighted by Gasteiger charge is -2.05. The topological polar surface area (TPSA) is 27.6 Å². The molecule has 0 radical (unpaired) electrons. The zero-order valence-corrected chi connectivity index (χ0v) is 7.88. The van der Waals surface area contributed by atoms with E-state index in [-0.39, 0.29) is 0 Å². The van der Waals surface area contributed by atoms with E-state index in [1.807, 2.05) is 0 Å². The Hall–Kier alpha value is -1.34. The number of benzene rings is 2. The van der Waals surface area contributed by atoms with E-state index in [4.69, 9.17) is 0 Å². The van der Waals surface area contributed by atoms with Crippen LogP contribution in [0, 0.1) is 6.92 Å². The number of rotatable bonds is 1. The van der Waals surface area contributed by atoms with E-state index in [2.05, 4.69) is 49.1 Å². The summed E-state index contributed by atoms with van der Waals surface area (Å²) in [5.74, 6) is 0. The summed E-state index contributed by atoms with van der Waals surface area (Å²) in [6.07, 6.45) is 0. The normalized spacial score (nSPS) is 10.6. The molecule has 2 aromatic rings. The van der Waals surface area contributed by atoms with Crippen LogP contribution in [0.1, 0.15) is 11.1 Å². The van der Waals surface area contributed by atoms with Crippen molar-refractivity contribution in [3.05, 3.63) is 47.5 Å². The van der Waals surface area contributed by atoms with Crippen LogP contribution in [0.2, 0.25) is 0 Å². The average molecular weight is 172 g/mol. The van der Waals surface area contributed by atoms with Gasteiger partial charge < -0.3 is 5.73 Å². The van der Waals surface area contributed by atoms with Crippen LogP contribution >= 0.6 is 0 Å². The van der Waals surface area contributed by atoms with E-state index in [9.17, 15) is 0 Å². The van der Waals surface area contributed by atoms with Crippen molar-refractivity contribution in [1.29, 1.82) is 0 Å². The van der Waals surface area contributed by atoms with E-state index < -0.39 is 0 Å². The Balaban J connectivity index is 2.79. The van der Waals surface area contributed by atoms with Crippen LogP contribution in [0.4, 0.5) is 0 Å². The molecule has 0 bridgehead atoms. The van der Waals surface area contributed by atoms with Gasteiger partial charge in [-0.15, -0.1) is 0 Å². The van der Waals surface area contributed by atoms with Gasteiger partial charge in [0.2, 0.25) is 0 Å². The Kier molecular flexibility index (Phi) is 2.03. The van der Waals surface area contributed by atoms with Gasteiger partial charge in [0, 0.05) is 5.56 Å². The Morgan fingerprint density at radius 3 is 2.62 bits per heavy atom. The lowest BCUT2D eigenvalue weighted by atomic mass is 10.0. The van der Waals surface area contributed by atoms with Crippen molar-refractivity contribution in [2.24, 2.45) is 0 Å². The summed E-state index contributed by atoms with van der Waals surface area (Å²) in [5.41, 5.74) is 6.64. The smallest absolute Gasteiger partial charge is 0.1000 e.